The monoisotopic (exact) mass is 782 g/mol. The first-order valence-corrected chi connectivity index (χ1v) is 18.6. The van der Waals surface area contributed by atoms with Gasteiger partial charge in [-0.2, -0.15) is 0 Å². The lowest BCUT2D eigenvalue weighted by Gasteiger charge is -2.08. The number of benzene rings is 8. The lowest BCUT2D eigenvalue weighted by Crippen LogP contribution is -1.90. The molecule has 0 fully saturated rings. The van der Waals surface area contributed by atoms with E-state index in [1.54, 1.807) is 48.5 Å². The highest BCUT2D eigenvalue weighted by Crippen LogP contribution is 2.29. The maximum absolute atomic E-state index is 5.73. The quantitative estimate of drug-likeness (QED) is 0.0727. The fourth-order valence-electron chi connectivity index (χ4n) is 5.35. The number of hydrogen-bond donors (Lipinski definition) is 6. The Hall–Kier alpha value is -8.24. The molecule has 0 saturated carbocycles. The zero-order valence-electron chi connectivity index (χ0n) is 32.3. The average Bonchev–Trinajstić information content (AvgIpc) is 3.25. The van der Waals surface area contributed by atoms with Crippen molar-refractivity contribution in [3.63, 3.8) is 0 Å². The zero-order valence-corrected chi connectivity index (χ0v) is 32.3. The number of hydrogen-bond acceptors (Lipinski definition) is 10. The van der Waals surface area contributed by atoms with E-state index < -0.39 is 0 Å². The van der Waals surface area contributed by atoms with Gasteiger partial charge in [0.2, 0.25) is 0 Å². The van der Waals surface area contributed by atoms with Crippen LogP contribution in [0.3, 0.4) is 0 Å². The van der Waals surface area contributed by atoms with Crippen LogP contribution >= 0.6 is 0 Å². The molecule has 0 saturated heterocycles. The zero-order chi connectivity index (χ0) is 41.4. The minimum atomic E-state index is 0.708. The third-order valence-corrected chi connectivity index (χ3v) is 8.48. The topological polar surface area (TPSA) is 193 Å². The molecule has 12 N–H and O–H groups in total. The third kappa shape index (κ3) is 13.5. The minimum absolute atomic E-state index is 0.708. The summed E-state index contributed by atoms with van der Waals surface area (Å²) in [5, 5.41) is 0. The first-order chi connectivity index (χ1) is 28.6. The molecule has 8 rings (SSSR count). The number of rotatable bonds is 10. The molecule has 0 heterocycles. The molecule has 10 nitrogen and oxygen atoms in total. The van der Waals surface area contributed by atoms with Crippen LogP contribution in [0.1, 0.15) is 11.1 Å². The summed E-state index contributed by atoms with van der Waals surface area (Å²) < 4.78 is 22.9. The van der Waals surface area contributed by atoms with Crippen LogP contribution in [0, 0.1) is 0 Å². The van der Waals surface area contributed by atoms with Crippen LogP contribution in [0.2, 0.25) is 0 Å². The van der Waals surface area contributed by atoms with Crippen LogP contribution in [0.25, 0.3) is 0 Å². The Morgan fingerprint density at radius 3 is 0.508 bits per heavy atom. The molecular formula is C49H46N6O4. The van der Waals surface area contributed by atoms with Crippen molar-refractivity contribution >= 4 is 34.1 Å². The third-order valence-electron chi connectivity index (χ3n) is 8.48. The van der Waals surface area contributed by atoms with E-state index >= 15 is 0 Å². The molecule has 0 spiro atoms. The maximum atomic E-state index is 5.73. The van der Waals surface area contributed by atoms with Gasteiger partial charge in [-0.15, -0.1) is 0 Å². The van der Waals surface area contributed by atoms with Gasteiger partial charge in [-0.05, 0) is 187 Å². The Bertz CT molecular complexity index is 2150. The Balaban J connectivity index is 0.000000152. The van der Waals surface area contributed by atoms with E-state index in [1.165, 1.54) is 11.1 Å². The second-order valence-electron chi connectivity index (χ2n) is 13.3. The number of nitrogens with two attached hydrogens (primary N) is 6. The molecule has 0 bridgehead atoms. The van der Waals surface area contributed by atoms with Crippen LogP contribution in [-0.2, 0) is 6.42 Å². The fourth-order valence-corrected chi connectivity index (χ4v) is 5.35. The largest absolute Gasteiger partial charge is 0.457 e. The smallest absolute Gasteiger partial charge is 0.127 e. The number of nitrogen functional groups attached to an aromatic ring is 6. The van der Waals surface area contributed by atoms with Crippen molar-refractivity contribution in [3.8, 4) is 46.0 Å². The van der Waals surface area contributed by atoms with Gasteiger partial charge in [-0.1, -0.05) is 24.3 Å². The van der Waals surface area contributed by atoms with Crippen molar-refractivity contribution in [3.05, 3.63) is 205 Å². The summed E-state index contributed by atoms with van der Waals surface area (Å²) in [5.74, 6) is 5.87. The van der Waals surface area contributed by atoms with E-state index in [1.807, 2.05) is 146 Å². The van der Waals surface area contributed by atoms with E-state index in [9.17, 15) is 0 Å². The van der Waals surface area contributed by atoms with Gasteiger partial charge >= 0.3 is 0 Å². The van der Waals surface area contributed by atoms with Crippen LogP contribution in [-0.4, -0.2) is 0 Å². The molecule has 10 heteroatoms. The molecule has 8 aromatic rings. The summed E-state index contributed by atoms with van der Waals surface area (Å²) in [7, 11) is 0. The molecule has 0 unspecified atom stereocenters. The second kappa shape index (κ2) is 20.1. The van der Waals surface area contributed by atoms with Crippen molar-refractivity contribution < 1.29 is 18.9 Å². The molecule has 0 aliphatic rings. The van der Waals surface area contributed by atoms with Crippen LogP contribution in [0.5, 0.6) is 46.0 Å². The predicted molar refractivity (Wildman–Crippen MR) is 241 cm³/mol. The lowest BCUT2D eigenvalue weighted by molar-refractivity contribution is 0.469. The molecule has 0 amide bonds. The summed E-state index contributed by atoms with van der Waals surface area (Å²) in [6.45, 7) is 0. The highest BCUT2D eigenvalue weighted by atomic mass is 16.5. The van der Waals surface area contributed by atoms with Crippen molar-refractivity contribution in [1.29, 1.82) is 0 Å². The summed E-state index contributed by atoms with van der Waals surface area (Å²) in [6.07, 6.45) is 0.917. The molecule has 8 aromatic carbocycles. The maximum Gasteiger partial charge on any atom is 0.127 e. The van der Waals surface area contributed by atoms with Crippen molar-refractivity contribution in [2.75, 3.05) is 34.4 Å². The molecule has 0 radical (unpaired) electrons. The van der Waals surface area contributed by atoms with Crippen molar-refractivity contribution in [2.45, 2.75) is 6.42 Å². The first kappa shape index (κ1) is 40.4. The molecule has 0 aromatic heterocycles. The molecule has 0 aliphatic carbocycles. The fraction of sp³-hybridized carbons (Fsp3) is 0.0204. The van der Waals surface area contributed by atoms with Crippen LogP contribution in [0.15, 0.2) is 194 Å². The molecule has 0 aliphatic heterocycles. The Morgan fingerprint density at radius 2 is 0.339 bits per heavy atom. The Morgan fingerprint density at radius 1 is 0.203 bits per heavy atom. The normalized spacial score (nSPS) is 10.2. The minimum Gasteiger partial charge on any atom is -0.457 e. The van der Waals surface area contributed by atoms with Gasteiger partial charge in [-0.3, -0.25) is 0 Å². The van der Waals surface area contributed by atoms with Crippen LogP contribution in [0.4, 0.5) is 34.1 Å². The molecular weight excluding hydrogens is 737 g/mol. The Kier molecular flexibility index (Phi) is 13.8. The van der Waals surface area contributed by atoms with Crippen molar-refractivity contribution in [1.82, 2.24) is 0 Å². The highest BCUT2D eigenvalue weighted by molar-refractivity contribution is 5.48. The second-order valence-corrected chi connectivity index (χ2v) is 13.3. The number of ether oxygens (including phenoxy) is 4. The molecule has 0 atom stereocenters. The van der Waals surface area contributed by atoms with Gasteiger partial charge in [-0.25, -0.2) is 0 Å². The van der Waals surface area contributed by atoms with E-state index in [-0.39, 0.29) is 0 Å². The van der Waals surface area contributed by atoms with Gasteiger partial charge < -0.3 is 53.3 Å². The van der Waals surface area contributed by atoms with Gasteiger partial charge in [0, 0.05) is 34.1 Å². The predicted octanol–water partition coefficient (Wildman–Crippen LogP) is 11.3. The van der Waals surface area contributed by atoms with Crippen molar-refractivity contribution in [2.24, 2.45) is 0 Å². The number of anilines is 6. The van der Waals surface area contributed by atoms with Gasteiger partial charge in [0.15, 0.2) is 0 Å². The van der Waals surface area contributed by atoms with E-state index in [0.29, 0.717) is 22.7 Å². The summed E-state index contributed by atoms with van der Waals surface area (Å²) >= 11 is 0. The van der Waals surface area contributed by atoms with E-state index in [4.69, 9.17) is 53.3 Å². The molecule has 59 heavy (non-hydrogen) atoms. The molecule has 296 valence electrons. The van der Waals surface area contributed by atoms with Gasteiger partial charge in [0.05, 0.1) is 0 Å². The summed E-state index contributed by atoms with van der Waals surface area (Å²) in [4.78, 5) is 0. The van der Waals surface area contributed by atoms with E-state index in [2.05, 4.69) is 0 Å². The standard InChI is InChI=1S/2C18H16N2O2.C13H14N2/c2*19-13-1-5-15(6-2-13)21-17-9-11-18(12-10-17)22-16-7-3-14(20)4-8-16;14-12-5-1-10(2-6-12)9-11-3-7-13(15)8-4-11/h2*1-12H,19-20H2;1-8H,9,14-15H2. The SMILES string of the molecule is Nc1ccc(Cc2ccc(N)cc2)cc1.Nc1ccc(Oc2ccc(Oc3ccc(N)cc3)cc2)cc1.Nc1ccc(Oc2ccc(Oc3ccc(N)cc3)cc2)cc1. The summed E-state index contributed by atoms with van der Waals surface area (Å²) in [6, 6.07) is 59.7. The Labute approximate surface area is 344 Å². The van der Waals surface area contributed by atoms with Crippen LogP contribution < -0.4 is 53.3 Å². The highest BCUT2D eigenvalue weighted by Gasteiger charge is 2.03. The summed E-state index contributed by atoms with van der Waals surface area (Å²) in [5.41, 5.74) is 40.8. The van der Waals surface area contributed by atoms with Gasteiger partial charge in [0.1, 0.15) is 46.0 Å². The van der Waals surface area contributed by atoms with E-state index in [0.717, 1.165) is 63.8 Å². The first-order valence-electron chi connectivity index (χ1n) is 18.6. The average molecular weight is 783 g/mol. The lowest BCUT2D eigenvalue weighted by atomic mass is 10.0. The van der Waals surface area contributed by atoms with Gasteiger partial charge in [0.25, 0.3) is 0 Å².